The summed E-state index contributed by atoms with van der Waals surface area (Å²) in [5, 5.41) is 5.29. The fourth-order valence-corrected chi connectivity index (χ4v) is 4.86. The van der Waals surface area contributed by atoms with E-state index in [1.54, 1.807) is 30.3 Å². The van der Waals surface area contributed by atoms with Gasteiger partial charge in [0.15, 0.2) is 0 Å². The highest BCUT2D eigenvalue weighted by molar-refractivity contribution is 7.89. The molecule has 1 atom stereocenters. The third-order valence-corrected chi connectivity index (χ3v) is 6.74. The van der Waals surface area contributed by atoms with Gasteiger partial charge in [0, 0.05) is 17.8 Å². The molecule has 0 aromatic heterocycles. The Balaban J connectivity index is 1.59. The summed E-state index contributed by atoms with van der Waals surface area (Å²) in [4.78, 5) is 24.6. The third kappa shape index (κ3) is 5.63. The molecule has 33 heavy (non-hydrogen) atoms. The Morgan fingerprint density at radius 2 is 1.79 bits per heavy atom. The van der Waals surface area contributed by atoms with Crippen LogP contribution in [-0.4, -0.2) is 26.3 Å². The fourth-order valence-electron chi connectivity index (χ4n) is 3.62. The number of carbonyl (C=O) groups is 2. The quantitative estimate of drug-likeness (QED) is 0.496. The van der Waals surface area contributed by atoms with Crippen molar-refractivity contribution in [3.63, 3.8) is 0 Å². The van der Waals surface area contributed by atoms with Crippen molar-refractivity contribution in [2.75, 3.05) is 10.6 Å². The van der Waals surface area contributed by atoms with Crippen molar-refractivity contribution in [3.05, 3.63) is 89.7 Å². The zero-order chi connectivity index (χ0) is 23.4. The lowest BCUT2D eigenvalue weighted by molar-refractivity contribution is -0.118. The van der Waals surface area contributed by atoms with Gasteiger partial charge in [-0.05, 0) is 60.4 Å². The van der Waals surface area contributed by atoms with Gasteiger partial charge in [0.25, 0.3) is 0 Å². The van der Waals surface area contributed by atoms with Gasteiger partial charge in [0.1, 0.15) is 11.9 Å². The van der Waals surface area contributed by atoms with E-state index in [1.165, 1.54) is 30.3 Å². The number of hydrogen-bond acceptors (Lipinski definition) is 4. The summed E-state index contributed by atoms with van der Waals surface area (Å²) in [5.74, 6) is -1.25. The first-order valence-electron chi connectivity index (χ1n) is 10.4. The first kappa shape index (κ1) is 22.6. The molecule has 170 valence electrons. The molecule has 1 aliphatic heterocycles. The molecule has 0 fully saturated rings. The molecular formula is C24H22FN3O4S. The van der Waals surface area contributed by atoms with E-state index in [1.807, 2.05) is 6.07 Å². The van der Waals surface area contributed by atoms with Gasteiger partial charge in [0.05, 0.1) is 4.90 Å². The number of sulfonamides is 1. The normalized spacial score (nSPS) is 14.2. The SMILES string of the molecule is O=C1CCc2cc(S(=O)(=O)NC(Cc3ccccc3)C(=O)Nc3cccc(F)c3)ccc2N1. The zero-order valence-corrected chi connectivity index (χ0v) is 18.4. The highest BCUT2D eigenvalue weighted by Gasteiger charge is 2.27. The predicted octanol–water partition coefficient (Wildman–Crippen LogP) is 3.24. The zero-order valence-electron chi connectivity index (χ0n) is 17.5. The Morgan fingerprint density at radius 1 is 1.00 bits per heavy atom. The Bertz CT molecular complexity index is 1300. The summed E-state index contributed by atoms with van der Waals surface area (Å²) in [6, 6.07) is 17.7. The lowest BCUT2D eigenvalue weighted by Crippen LogP contribution is -2.45. The van der Waals surface area contributed by atoms with Crippen LogP contribution in [0.4, 0.5) is 15.8 Å². The summed E-state index contributed by atoms with van der Waals surface area (Å²) in [5.41, 5.74) is 2.27. The molecule has 9 heteroatoms. The molecule has 0 saturated heterocycles. The van der Waals surface area contributed by atoms with Crippen LogP contribution in [0.25, 0.3) is 0 Å². The third-order valence-electron chi connectivity index (χ3n) is 5.27. The second-order valence-electron chi connectivity index (χ2n) is 7.73. The number of rotatable bonds is 7. The van der Waals surface area contributed by atoms with Crippen molar-refractivity contribution >= 4 is 33.2 Å². The van der Waals surface area contributed by atoms with E-state index in [-0.39, 0.29) is 29.3 Å². The maximum atomic E-state index is 13.5. The second-order valence-corrected chi connectivity index (χ2v) is 9.44. The molecule has 3 aromatic rings. The molecule has 1 heterocycles. The fraction of sp³-hybridized carbons (Fsp3) is 0.167. The van der Waals surface area contributed by atoms with Crippen LogP contribution in [0.15, 0.2) is 77.7 Å². The number of halogens is 1. The summed E-state index contributed by atoms with van der Waals surface area (Å²) in [6.07, 6.45) is 0.802. The van der Waals surface area contributed by atoms with Crippen LogP contribution in [0.5, 0.6) is 0 Å². The minimum Gasteiger partial charge on any atom is -0.326 e. The van der Waals surface area contributed by atoms with Crippen molar-refractivity contribution in [3.8, 4) is 0 Å². The van der Waals surface area contributed by atoms with Gasteiger partial charge in [-0.1, -0.05) is 36.4 Å². The topological polar surface area (TPSA) is 104 Å². The van der Waals surface area contributed by atoms with E-state index in [2.05, 4.69) is 15.4 Å². The Morgan fingerprint density at radius 3 is 2.55 bits per heavy atom. The van der Waals surface area contributed by atoms with Crippen molar-refractivity contribution in [2.24, 2.45) is 0 Å². The van der Waals surface area contributed by atoms with E-state index in [0.29, 0.717) is 17.7 Å². The van der Waals surface area contributed by atoms with E-state index < -0.39 is 27.8 Å². The van der Waals surface area contributed by atoms with E-state index in [0.717, 1.165) is 11.6 Å². The van der Waals surface area contributed by atoms with Gasteiger partial charge in [-0.25, -0.2) is 12.8 Å². The monoisotopic (exact) mass is 467 g/mol. The van der Waals surface area contributed by atoms with Crippen molar-refractivity contribution < 1.29 is 22.4 Å². The first-order valence-corrected chi connectivity index (χ1v) is 11.8. The standard InChI is InChI=1S/C24H22FN3O4S/c25-18-7-4-8-19(15-18)26-24(30)22(13-16-5-2-1-3-6-16)28-33(31,32)20-10-11-21-17(14-20)9-12-23(29)27-21/h1-8,10-11,14-15,22,28H,9,12-13H2,(H,26,30)(H,27,29). The number of hydrogen-bond donors (Lipinski definition) is 3. The average Bonchev–Trinajstić information content (AvgIpc) is 2.79. The van der Waals surface area contributed by atoms with Gasteiger partial charge in [0.2, 0.25) is 21.8 Å². The Hall–Kier alpha value is -3.56. The number of carbonyl (C=O) groups excluding carboxylic acids is 2. The highest BCUT2D eigenvalue weighted by atomic mass is 32.2. The van der Waals surface area contributed by atoms with Crippen LogP contribution in [0.2, 0.25) is 0 Å². The summed E-state index contributed by atoms with van der Waals surface area (Å²) in [7, 11) is -4.07. The van der Waals surface area contributed by atoms with Crippen molar-refractivity contribution in [2.45, 2.75) is 30.2 Å². The van der Waals surface area contributed by atoms with Crippen LogP contribution < -0.4 is 15.4 Å². The Labute approximate surface area is 191 Å². The average molecular weight is 468 g/mol. The molecule has 0 spiro atoms. The molecule has 1 aliphatic rings. The molecule has 1 unspecified atom stereocenters. The molecule has 7 nitrogen and oxygen atoms in total. The van der Waals surface area contributed by atoms with Gasteiger partial charge >= 0.3 is 0 Å². The molecule has 3 aromatic carbocycles. The molecule has 3 N–H and O–H groups in total. The van der Waals surface area contributed by atoms with E-state index in [9.17, 15) is 22.4 Å². The number of anilines is 2. The predicted molar refractivity (Wildman–Crippen MR) is 123 cm³/mol. The van der Waals surface area contributed by atoms with Crippen LogP contribution >= 0.6 is 0 Å². The van der Waals surface area contributed by atoms with Gasteiger partial charge in [-0.2, -0.15) is 4.72 Å². The van der Waals surface area contributed by atoms with Crippen molar-refractivity contribution in [1.29, 1.82) is 0 Å². The number of benzene rings is 3. The van der Waals surface area contributed by atoms with Crippen molar-refractivity contribution in [1.82, 2.24) is 4.72 Å². The number of amides is 2. The molecule has 0 saturated carbocycles. The van der Waals surface area contributed by atoms with Crippen LogP contribution in [0.1, 0.15) is 17.5 Å². The van der Waals surface area contributed by atoms with Gasteiger partial charge in [-0.15, -0.1) is 0 Å². The minimum atomic E-state index is -4.07. The molecule has 0 bridgehead atoms. The molecule has 0 radical (unpaired) electrons. The Kier molecular flexibility index (Phi) is 6.52. The lowest BCUT2D eigenvalue weighted by Gasteiger charge is -2.21. The smallest absolute Gasteiger partial charge is 0.242 e. The largest absolute Gasteiger partial charge is 0.326 e. The highest BCUT2D eigenvalue weighted by Crippen LogP contribution is 2.25. The number of aryl methyl sites for hydroxylation is 1. The van der Waals surface area contributed by atoms with Crippen LogP contribution in [-0.2, 0) is 32.5 Å². The van der Waals surface area contributed by atoms with Gasteiger partial charge < -0.3 is 10.6 Å². The maximum absolute atomic E-state index is 13.5. The van der Waals surface area contributed by atoms with Gasteiger partial charge in [-0.3, -0.25) is 9.59 Å². The first-order chi connectivity index (χ1) is 15.8. The van der Waals surface area contributed by atoms with E-state index >= 15 is 0 Å². The second kappa shape index (κ2) is 9.51. The molecule has 4 rings (SSSR count). The van der Waals surface area contributed by atoms with E-state index in [4.69, 9.17) is 0 Å². The van der Waals surface area contributed by atoms with Crippen LogP contribution in [0.3, 0.4) is 0 Å². The molecule has 2 amide bonds. The summed E-state index contributed by atoms with van der Waals surface area (Å²) >= 11 is 0. The number of nitrogens with one attached hydrogen (secondary N) is 3. The summed E-state index contributed by atoms with van der Waals surface area (Å²) in [6.45, 7) is 0. The lowest BCUT2D eigenvalue weighted by atomic mass is 10.0. The van der Waals surface area contributed by atoms with Crippen LogP contribution in [0, 0.1) is 5.82 Å². The minimum absolute atomic E-state index is 0.00554. The molecular weight excluding hydrogens is 445 g/mol. The summed E-state index contributed by atoms with van der Waals surface area (Å²) < 4.78 is 42.3. The maximum Gasteiger partial charge on any atom is 0.242 e. The number of fused-ring (bicyclic) bond motifs is 1. The molecule has 0 aliphatic carbocycles.